The fourth-order valence-corrected chi connectivity index (χ4v) is 6.12. The zero-order valence-electron chi connectivity index (χ0n) is 22.3. The molecule has 1 rings (SSSR count). The number of ketones is 2. The van der Waals surface area contributed by atoms with Gasteiger partial charge in [-0.2, -0.15) is 0 Å². The lowest BCUT2D eigenvalue weighted by Crippen LogP contribution is -2.12. The molecule has 33 heavy (non-hydrogen) atoms. The van der Waals surface area contributed by atoms with E-state index in [0.29, 0.717) is 36.2 Å². The third-order valence-corrected chi connectivity index (χ3v) is 7.97. The van der Waals surface area contributed by atoms with Gasteiger partial charge in [-0.25, -0.2) is 0 Å². The maximum atomic E-state index is 12.8. The zero-order chi connectivity index (χ0) is 24.3. The van der Waals surface area contributed by atoms with E-state index in [1.54, 1.807) is 0 Å². The number of hydrogen-bond donors (Lipinski definition) is 0. The predicted molar refractivity (Wildman–Crippen MR) is 146 cm³/mol. The number of unbranched alkanes of at least 4 members (excludes halogenated alkanes) is 8. The van der Waals surface area contributed by atoms with Crippen LogP contribution in [0.1, 0.15) is 166 Å². The second kappa shape index (κ2) is 19.4. The highest BCUT2D eigenvalue weighted by molar-refractivity contribution is 7.10. The number of thiophene rings is 1. The fraction of sp³-hybridized carbons (Fsp3) is 0.800. The molecule has 2 unspecified atom stereocenters. The smallest absolute Gasteiger partial charge is 0.133 e. The largest absolute Gasteiger partial charge is 0.300 e. The number of Topliss-reactive ketones (excluding diaryl/α,β-unsaturated/α-hetero) is 2. The fourth-order valence-electron chi connectivity index (χ4n) is 5.00. The van der Waals surface area contributed by atoms with Gasteiger partial charge in [0, 0.05) is 36.5 Å². The SMILES string of the molecule is CCCCCCCC(=O)CC(CCC)c1ccsc1C(CCC)CC(=O)CCCCCCC. The van der Waals surface area contributed by atoms with Crippen LogP contribution >= 0.6 is 11.3 Å². The molecule has 0 saturated carbocycles. The molecule has 0 aliphatic heterocycles. The minimum atomic E-state index is 0.322. The Morgan fingerprint density at radius 2 is 1.15 bits per heavy atom. The van der Waals surface area contributed by atoms with Crippen molar-refractivity contribution in [3.8, 4) is 0 Å². The van der Waals surface area contributed by atoms with Gasteiger partial charge in [-0.3, -0.25) is 9.59 Å². The highest BCUT2D eigenvalue weighted by atomic mass is 32.1. The second-order valence-electron chi connectivity index (χ2n) is 10.0. The van der Waals surface area contributed by atoms with Crippen molar-refractivity contribution < 1.29 is 9.59 Å². The number of rotatable bonds is 22. The third-order valence-electron chi connectivity index (χ3n) is 6.88. The molecule has 0 N–H and O–H groups in total. The summed E-state index contributed by atoms with van der Waals surface area (Å²) in [6.07, 6.45) is 19.2. The first-order chi connectivity index (χ1) is 16.1. The Balaban J connectivity index is 2.74. The molecule has 0 bridgehead atoms. The van der Waals surface area contributed by atoms with Crippen LogP contribution in [0.2, 0.25) is 0 Å². The van der Waals surface area contributed by atoms with Crippen molar-refractivity contribution in [1.29, 1.82) is 0 Å². The van der Waals surface area contributed by atoms with Gasteiger partial charge >= 0.3 is 0 Å². The van der Waals surface area contributed by atoms with E-state index in [1.165, 1.54) is 61.8 Å². The van der Waals surface area contributed by atoms with Crippen molar-refractivity contribution in [3.63, 3.8) is 0 Å². The summed E-state index contributed by atoms with van der Waals surface area (Å²) < 4.78 is 0. The van der Waals surface area contributed by atoms with Crippen molar-refractivity contribution in [1.82, 2.24) is 0 Å². The van der Waals surface area contributed by atoms with E-state index in [4.69, 9.17) is 0 Å². The average Bonchev–Trinajstić information content (AvgIpc) is 3.28. The highest BCUT2D eigenvalue weighted by Crippen LogP contribution is 2.39. The van der Waals surface area contributed by atoms with Gasteiger partial charge in [0.1, 0.15) is 11.6 Å². The number of carbonyl (C=O) groups excluding carboxylic acids is 2. The van der Waals surface area contributed by atoms with E-state index in [9.17, 15) is 9.59 Å². The Labute approximate surface area is 209 Å². The van der Waals surface area contributed by atoms with Gasteiger partial charge in [0.25, 0.3) is 0 Å². The third kappa shape index (κ3) is 12.9. The highest BCUT2D eigenvalue weighted by Gasteiger charge is 2.25. The summed E-state index contributed by atoms with van der Waals surface area (Å²) in [6.45, 7) is 8.90. The minimum absolute atomic E-state index is 0.322. The van der Waals surface area contributed by atoms with E-state index >= 15 is 0 Å². The van der Waals surface area contributed by atoms with E-state index < -0.39 is 0 Å². The quantitative estimate of drug-likeness (QED) is 0.156. The lowest BCUT2D eigenvalue weighted by atomic mass is 9.84. The molecule has 1 aromatic rings. The number of hydrogen-bond acceptors (Lipinski definition) is 3. The van der Waals surface area contributed by atoms with Crippen LogP contribution in [0.25, 0.3) is 0 Å². The van der Waals surface area contributed by atoms with Gasteiger partial charge in [0.15, 0.2) is 0 Å². The number of carbonyl (C=O) groups is 2. The van der Waals surface area contributed by atoms with E-state index in [-0.39, 0.29) is 0 Å². The Morgan fingerprint density at radius 1 is 0.667 bits per heavy atom. The standard InChI is InChI=1S/C30H52O2S/c1-5-9-11-13-15-19-27(31)23-25(17-7-3)29-21-22-33-30(29)26(18-8-4)24-28(32)20-16-14-12-10-6-2/h21-22,25-26H,5-20,23-24H2,1-4H3. The molecule has 190 valence electrons. The van der Waals surface area contributed by atoms with Gasteiger partial charge < -0.3 is 0 Å². The molecule has 0 saturated heterocycles. The molecule has 1 heterocycles. The lowest BCUT2D eigenvalue weighted by Gasteiger charge is -2.22. The first-order valence-electron chi connectivity index (χ1n) is 14.2. The molecule has 0 spiro atoms. The molecule has 0 aliphatic rings. The van der Waals surface area contributed by atoms with Crippen LogP contribution in [0.15, 0.2) is 11.4 Å². The van der Waals surface area contributed by atoms with Crippen LogP contribution in [0.5, 0.6) is 0 Å². The molecular weight excluding hydrogens is 424 g/mol. The van der Waals surface area contributed by atoms with Crippen molar-refractivity contribution >= 4 is 22.9 Å². The normalized spacial score (nSPS) is 13.2. The van der Waals surface area contributed by atoms with Crippen LogP contribution in [-0.2, 0) is 9.59 Å². The Kier molecular flexibility index (Phi) is 17.6. The first kappa shape index (κ1) is 30.1. The molecule has 0 fully saturated rings. The molecule has 0 aliphatic carbocycles. The summed E-state index contributed by atoms with van der Waals surface area (Å²) in [5, 5.41) is 2.19. The van der Waals surface area contributed by atoms with E-state index in [1.807, 2.05) is 11.3 Å². The molecule has 1 aromatic heterocycles. The zero-order valence-corrected chi connectivity index (χ0v) is 23.1. The summed E-state index contributed by atoms with van der Waals surface area (Å²) in [5.74, 6) is 1.51. The van der Waals surface area contributed by atoms with Crippen molar-refractivity contribution in [2.45, 2.75) is 155 Å². The van der Waals surface area contributed by atoms with E-state index in [0.717, 1.165) is 51.4 Å². The Hall–Kier alpha value is -0.960. The van der Waals surface area contributed by atoms with Crippen molar-refractivity contribution in [3.05, 3.63) is 21.9 Å². The summed E-state index contributed by atoms with van der Waals surface area (Å²) >= 11 is 1.82. The molecule has 2 atom stereocenters. The van der Waals surface area contributed by atoms with Crippen molar-refractivity contribution in [2.75, 3.05) is 0 Å². The van der Waals surface area contributed by atoms with Crippen LogP contribution in [0, 0.1) is 0 Å². The summed E-state index contributed by atoms with van der Waals surface area (Å²) in [7, 11) is 0. The lowest BCUT2D eigenvalue weighted by molar-refractivity contribution is -0.120. The first-order valence-corrected chi connectivity index (χ1v) is 15.1. The predicted octanol–water partition coefficient (Wildman–Crippen LogP) is 10.2. The molecule has 0 amide bonds. The van der Waals surface area contributed by atoms with Gasteiger partial charge in [-0.05, 0) is 48.6 Å². The van der Waals surface area contributed by atoms with Gasteiger partial charge in [0.05, 0.1) is 0 Å². The topological polar surface area (TPSA) is 34.1 Å². The Morgan fingerprint density at radius 3 is 1.67 bits per heavy atom. The van der Waals surface area contributed by atoms with Crippen LogP contribution in [-0.4, -0.2) is 11.6 Å². The summed E-state index contributed by atoms with van der Waals surface area (Å²) in [5.41, 5.74) is 1.37. The molecule has 2 nitrogen and oxygen atoms in total. The maximum absolute atomic E-state index is 12.8. The van der Waals surface area contributed by atoms with Gasteiger partial charge in [-0.1, -0.05) is 91.9 Å². The van der Waals surface area contributed by atoms with Crippen LogP contribution in [0.4, 0.5) is 0 Å². The maximum Gasteiger partial charge on any atom is 0.133 e. The average molecular weight is 477 g/mol. The monoisotopic (exact) mass is 476 g/mol. The van der Waals surface area contributed by atoms with Gasteiger partial charge in [-0.15, -0.1) is 11.3 Å². The molecule has 0 aromatic carbocycles. The summed E-state index contributed by atoms with van der Waals surface area (Å²) in [6, 6.07) is 2.26. The van der Waals surface area contributed by atoms with Crippen LogP contribution < -0.4 is 0 Å². The molecule has 3 heteroatoms. The van der Waals surface area contributed by atoms with Crippen molar-refractivity contribution in [2.24, 2.45) is 0 Å². The second-order valence-corrected chi connectivity index (χ2v) is 11.0. The van der Waals surface area contributed by atoms with Gasteiger partial charge in [0.2, 0.25) is 0 Å². The van der Waals surface area contributed by atoms with E-state index in [2.05, 4.69) is 39.1 Å². The minimum Gasteiger partial charge on any atom is -0.300 e. The Bertz CT molecular complexity index is 580. The molecular formula is C30H52O2S. The van der Waals surface area contributed by atoms with Crippen LogP contribution in [0.3, 0.4) is 0 Å². The molecule has 0 radical (unpaired) electrons. The summed E-state index contributed by atoms with van der Waals surface area (Å²) in [4.78, 5) is 27.0.